The lowest BCUT2D eigenvalue weighted by atomic mass is 9.93. The van der Waals surface area contributed by atoms with Crippen LogP contribution in [0.2, 0.25) is 0 Å². The second-order valence-electron chi connectivity index (χ2n) is 6.96. The molecule has 6 nitrogen and oxygen atoms in total. The fraction of sp³-hybridized carbons (Fsp3) is 0.941. The van der Waals surface area contributed by atoms with E-state index in [2.05, 4.69) is 32.7 Å². The van der Waals surface area contributed by atoms with Crippen molar-refractivity contribution in [2.45, 2.75) is 89.9 Å². The van der Waals surface area contributed by atoms with E-state index in [0.717, 1.165) is 32.1 Å². The van der Waals surface area contributed by atoms with E-state index in [1.54, 1.807) is 0 Å². The summed E-state index contributed by atoms with van der Waals surface area (Å²) in [6.45, 7) is 8.31. The Balaban J connectivity index is 2.15. The van der Waals surface area contributed by atoms with Gasteiger partial charge in [-0.15, -0.1) is 0 Å². The first kappa shape index (κ1) is 18.5. The quantitative estimate of drug-likeness (QED) is 0.778. The number of hydrogen-bond acceptors (Lipinski definition) is 5. The van der Waals surface area contributed by atoms with E-state index in [4.69, 9.17) is 19.3 Å². The molecule has 23 heavy (non-hydrogen) atoms. The summed E-state index contributed by atoms with van der Waals surface area (Å²) >= 11 is 0. The predicted octanol–water partition coefficient (Wildman–Crippen LogP) is 2.50. The normalized spacial score (nSPS) is 33.0. The van der Waals surface area contributed by atoms with Gasteiger partial charge in [0.25, 0.3) is 6.02 Å². The second-order valence-corrected chi connectivity index (χ2v) is 6.96. The van der Waals surface area contributed by atoms with Crippen molar-refractivity contribution in [1.29, 1.82) is 0 Å². The molecule has 2 fully saturated rings. The minimum atomic E-state index is -0.402. The summed E-state index contributed by atoms with van der Waals surface area (Å²) in [6.07, 6.45) is 4.52. The van der Waals surface area contributed by atoms with Gasteiger partial charge in [0.2, 0.25) is 0 Å². The van der Waals surface area contributed by atoms with Gasteiger partial charge in [0, 0.05) is 7.05 Å². The molecule has 2 aliphatic heterocycles. The smallest absolute Gasteiger partial charge is 0.290 e. The van der Waals surface area contributed by atoms with Crippen molar-refractivity contribution in [3.63, 3.8) is 0 Å². The third kappa shape index (κ3) is 4.17. The molecule has 2 rings (SSSR count). The number of hydrogen-bond donors (Lipinski definition) is 1. The van der Waals surface area contributed by atoms with Gasteiger partial charge in [-0.3, -0.25) is 0 Å². The number of aliphatic imine (C=N–C) groups is 1. The molecule has 4 atom stereocenters. The fourth-order valence-corrected chi connectivity index (χ4v) is 3.76. The van der Waals surface area contributed by atoms with Crippen molar-refractivity contribution in [1.82, 2.24) is 4.90 Å². The fourth-order valence-electron chi connectivity index (χ4n) is 3.76. The van der Waals surface area contributed by atoms with Gasteiger partial charge < -0.3 is 24.2 Å². The van der Waals surface area contributed by atoms with E-state index in [1.807, 2.05) is 11.9 Å². The van der Waals surface area contributed by atoms with Crippen LogP contribution < -0.4 is 0 Å². The van der Waals surface area contributed by atoms with Crippen molar-refractivity contribution in [3.05, 3.63) is 0 Å². The Morgan fingerprint density at radius 3 is 2.57 bits per heavy atom. The zero-order valence-corrected chi connectivity index (χ0v) is 15.1. The van der Waals surface area contributed by atoms with Crippen molar-refractivity contribution in [3.8, 4) is 0 Å². The summed E-state index contributed by atoms with van der Waals surface area (Å²) in [7, 11) is 1.95. The standard InChI is InChI=1S/C17H32N2O4/c1-6-8-17(4,9-7-2)23-15-14-13(10-12(3)21-15)19(5)16(22-14)18-11-20/h12-15,20H,6-11H2,1-5H3/t12?,13-,14+,15-/m0/s1. The first-order chi connectivity index (χ1) is 10.9. The molecular formula is C17H32N2O4. The van der Waals surface area contributed by atoms with E-state index in [9.17, 15) is 0 Å². The number of nitrogens with zero attached hydrogens (tertiary/aromatic N) is 2. The van der Waals surface area contributed by atoms with Crippen LogP contribution in [0.25, 0.3) is 0 Å². The van der Waals surface area contributed by atoms with E-state index in [-0.39, 0.29) is 30.6 Å². The van der Waals surface area contributed by atoms with Gasteiger partial charge in [0.1, 0.15) is 6.73 Å². The first-order valence-electron chi connectivity index (χ1n) is 8.82. The highest BCUT2D eigenvalue weighted by Gasteiger charge is 2.50. The molecule has 134 valence electrons. The topological polar surface area (TPSA) is 63.5 Å². The SMILES string of the molecule is CCCC(C)(CCC)O[C@@H]1OC(C)C[C@H]2[C@H]1OC(=NCO)N2C. The molecule has 1 unspecified atom stereocenters. The molecular weight excluding hydrogens is 296 g/mol. The molecule has 2 saturated heterocycles. The maximum absolute atomic E-state index is 9.07. The van der Waals surface area contributed by atoms with Gasteiger partial charge in [0.15, 0.2) is 12.4 Å². The average Bonchev–Trinajstić information content (AvgIpc) is 2.77. The van der Waals surface area contributed by atoms with Crippen LogP contribution in [-0.2, 0) is 14.2 Å². The zero-order chi connectivity index (χ0) is 17.0. The van der Waals surface area contributed by atoms with Gasteiger partial charge in [-0.25, -0.2) is 4.99 Å². The summed E-state index contributed by atoms with van der Waals surface area (Å²) in [4.78, 5) is 6.02. The molecule has 0 aromatic rings. The minimum Gasteiger partial charge on any atom is -0.454 e. The van der Waals surface area contributed by atoms with E-state index in [0.29, 0.717) is 6.02 Å². The molecule has 0 spiro atoms. The maximum atomic E-state index is 9.07. The summed E-state index contributed by atoms with van der Waals surface area (Å²) in [5, 5.41) is 9.07. The third-order valence-corrected chi connectivity index (χ3v) is 4.79. The molecule has 0 aromatic carbocycles. The molecule has 0 bridgehead atoms. The van der Waals surface area contributed by atoms with Crippen LogP contribution in [0.4, 0.5) is 0 Å². The average molecular weight is 328 g/mol. The van der Waals surface area contributed by atoms with Crippen LogP contribution in [0, 0.1) is 0 Å². The molecule has 0 saturated carbocycles. The lowest BCUT2D eigenvalue weighted by Gasteiger charge is -2.41. The molecule has 2 heterocycles. The van der Waals surface area contributed by atoms with Crippen LogP contribution in [0.5, 0.6) is 0 Å². The van der Waals surface area contributed by atoms with Gasteiger partial charge in [-0.1, -0.05) is 26.7 Å². The minimum absolute atomic E-state index is 0.105. The van der Waals surface area contributed by atoms with Gasteiger partial charge >= 0.3 is 0 Å². The van der Waals surface area contributed by atoms with Gasteiger partial charge in [-0.05, 0) is 33.1 Å². The predicted molar refractivity (Wildman–Crippen MR) is 89.2 cm³/mol. The molecule has 6 heteroatoms. The number of rotatable bonds is 7. The number of ether oxygens (including phenoxy) is 3. The molecule has 0 aromatic heterocycles. The van der Waals surface area contributed by atoms with Crippen LogP contribution in [0.3, 0.4) is 0 Å². The lowest BCUT2D eigenvalue weighted by Crippen LogP contribution is -2.52. The summed E-state index contributed by atoms with van der Waals surface area (Å²) in [5.41, 5.74) is -0.200. The van der Waals surface area contributed by atoms with Crippen molar-refractivity contribution < 1.29 is 19.3 Å². The molecule has 0 radical (unpaired) electrons. The maximum Gasteiger partial charge on any atom is 0.290 e. The van der Waals surface area contributed by atoms with Crippen molar-refractivity contribution in [2.75, 3.05) is 13.8 Å². The van der Waals surface area contributed by atoms with Crippen LogP contribution >= 0.6 is 0 Å². The molecule has 1 N–H and O–H groups in total. The Labute approximate surface area is 139 Å². The number of likely N-dealkylation sites (N-methyl/N-ethyl adjacent to an activating group) is 1. The largest absolute Gasteiger partial charge is 0.454 e. The van der Waals surface area contributed by atoms with Crippen LogP contribution in [0.1, 0.15) is 59.8 Å². The Morgan fingerprint density at radius 2 is 2.00 bits per heavy atom. The van der Waals surface area contributed by atoms with Gasteiger partial charge in [0.05, 0.1) is 17.7 Å². The number of fused-ring (bicyclic) bond motifs is 1. The number of amidine groups is 1. The van der Waals surface area contributed by atoms with Crippen LogP contribution in [0.15, 0.2) is 4.99 Å². The lowest BCUT2D eigenvalue weighted by molar-refractivity contribution is -0.276. The molecule has 2 aliphatic rings. The second kappa shape index (κ2) is 7.81. The number of aliphatic hydroxyl groups is 1. The van der Waals surface area contributed by atoms with E-state index < -0.39 is 6.29 Å². The number of aliphatic hydroxyl groups excluding tert-OH is 1. The van der Waals surface area contributed by atoms with Gasteiger partial charge in [-0.2, -0.15) is 0 Å². The summed E-state index contributed by atoms with van der Waals surface area (Å²) in [5.74, 6) is 0. The summed E-state index contributed by atoms with van der Waals surface area (Å²) in [6, 6.07) is 0.642. The summed E-state index contributed by atoms with van der Waals surface area (Å²) < 4.78 is 18.4. The molecule has 0 aliphatic carbocycles. The Morgan fingerprint density at radius 1 is 1.35 bits per heavy atom. The Kier molecular flexibility index (Phi) is 6.28. The molecule has 0 amide bonds. The van der Waals surface area contributed by atoms with E-state index in [1.165, 1.54) is 0 Å². The Bertz CT molecular complexity index is 409. The van der Waals surface area contributed by atoms with Crippen molar-refractivity contribution >= 4 is 6.02 Å². The zero-order valence-electron chi connectivity index (χ0n) is 15.1. The van der Waals surface area contributed by atoms with E-state index >= 15 is 0 Å². The monoisotopic (exact) mass is 328 g/mol. The highest BCUT2D eigenvalue weighted by molar-refractivity contribution is 5.76. The van der Waals surface area contributed by atoms with Crippen molar-refractivity contribution in [2.24, 2.45) is 4.99 Å². The third-order valence-electron chi connectivity index (χ3n) is 4.79. The first-order valence-corrected chi connectivity index (χ1v) is 8.82. The highest BCUT2D eigenvalue weighted by atomic mass is 16.7. The highest BCUT2D eigenvalue weighted by Crippen LogP contribution is 2.36. The Hall–Kier alpha value is -0.850. The van der Waals surface area contributed by atoms with Crippen LogP contribution in [-0.4, -0.2) is 59.9 Å².